The van der Waals surface area contributed by atoms with Gasteiger partial charge in [0.25, 0.3) is 10.1 Å². The molecule has 0 radical (unpaired) electrons. The van der Waals surface area contributed by atoms with E-state index in [1.807, 2.05) is 12.1 Å². The molecule has 0 saturated carbocycles. The van der Waals surface area contributed by atoms with Gasteiger partial charge in [-0.15, -0.1) is 0 Å². The largest absolute Gasteiger partial charge is 0.390 e. The minimum atomic E-state index is -3.67. The van der Waals surface area contributed by atoms with E-state index in [1.54, 1.807) is 0 Å². The van der Waals surface area contributed by atoms with Crippen LogP contribution >= 0.6 is 0 Å². The molecule has 1 fully saturated rings. The van der Waals surface area contributed by atoms with E-state index in [1.165, 1.54) is 11.1 Å². The second-order valence-electron chi connectivity index (χ2n) is 5.96. The number of rotatable bonds is 3. The fourth-order valence-electron chi connectivity index (χ4n) is 2.80. The summed E-state index contributed by atoms with van der Waals surface area (Å²) < 4.78 is 25.9. The first-order chi connectivity index (χ1) is 11.3. The molecule has 1 aliphatic heterocycles. The molecule has 3 rings (SSSR count). The van der Waals surface area contributed by atoms with Gasteiger partial charge in [-0.05, 0) is 18.1 Å². The molecule has 2 atom stereocenters. The van der Waals surface area contributed by atoms with Crippen molar-refractivity contribution < 1.29 is 18.1 Å². The van der Waals surface area contributed by atoms with Crippen LogP contribution in [0.1, 0.15) is 24.1 Å². The molecule has 2 N–H and O–H groups in total. The van der Waals surface area contributed by atoms with Crippen molar-refractivity contribution in [3.63, 3.8) is 0 Å². The summed E-state index contributed by atoms with van der Waals surface area (Å²) in [7, 11) is -3.67. The Kier molecular flexibility index (Phi) is 6.12. The average molecular weight is 349 g/mol. The van der Waals surface area contributed by atoms with Crippen LogP contribution in [0.4, 0.5) is 0 Å². The molecule has 2 unspecified atom stereocenters. The zero-order valence-corrected chi connectivity index (χ0v) is 14.6. The number of aliphatic hydroxyl groups excluding tert-OH is 1. The number of benzene rings is 2. The molecular weight excluding hydrogens is 326 g/mol. The maximum absolute atomic E-state index is 9.79. The fourth-order valence-corrected chi connectivity index (χ4v) is 2.80. The van der Waals surface area contributed by atoms with Crippen molar-refractivity contribution in [3.8, 4) is 0 Å². The van der Waals surface area contributed by atoms with Crippen LogP contribution in [-0.2, 0) is 10.1 Å². The van der Waals surface area contributed by atoms with E-state index >= 15 is 0 Å². The summed E-state index contributed by atoms with van der Waals surface area (Å²) in [6.07, 6.45) is 0.516. The van der Waals surface area contributed by atoms with Crippen LogP contribution in [0.25, 0.3) is 0 Å². The van der Waals surface area contributed by atoms with Gasteiger partial charge >= 0.3 is 0 Å². The summed E-state index contributed by atoms with van der Waals surface area (Å²) in [6, 6.07) is 21.5. The Labute approximate surface area is 143 Å². The van der Waals surface area contributed by atoms with E-state index < -0.39 is 10.1 Å². The molecule has 1 aliphatic rings. The molecule has 5 nitrogen and oxygen atoms in total. The van der Waals surface area contributed by atoms with Crippen molar-refractivity contribution in [2.45, 2.75) is 25.1 Å². The lowest BCUT2D eigenvalue weighted by molar-refractivity contribution is -0.0693. The summed E-state index contributed by atoms with van der Waals surface area (Å²) in [4.78, 5) is 2.36. The average Bonchev–Trinajstić information content (AvgIpc) is 2.55. The highest BCUT2D eigenvalue weighted by Crippen LogP contribution is 2.35. The molecule has 1 saturated heterocycles. The summed E-state index contributed by atoms with van der Waals surface area (Å²) >= 11 is 0. The second-order valence-corrected chi connectivity index (χ2v) is 7.43. The molecule has 6 heteroatoms. The van der Waals surface area contributed by atoms with Crippen molar-refractivity contribution >= 4 is 10.1 Å². The number of β-amino-alcohol motifs (C(OH)–C–C–N with tert-alkyl or cyclic N) is 1. The van der Waals surface area contributed by atoms with Gasteiger partial charge in [0.1, 0.15) is 0 Å². The first kappa shape index (κ1) is 18.6. The fraction of sp³-hybridized carbons (Fsp3) is 0.333. The van der Waals surface area contributed by atoms with E-state index in [-0.39, 0.29) is 18.2 Å². The van der Waals surface area contributed by atoms with Crippen molar-refractivity contribution in [1.29, 1.82) is 0 Å². The van der Waals surface area contributed by atoms with Gasteiger partial charge in [-0.2, -0.15) is 8.42 Å². The molecule has 0 bridgehead atoms. The third-order valence-corrected chi connectivity index (χ3v) is 4.04. The molecule has 1 heterocycles. The molecule has 130 valence electrons. The van der Waals surface area contributed by atoms with Crippen LogP contribution in [0.2, 0.25) is 0 Å². The monoisotopic (exact) mass is 349 g/mol. The Hall–Kier alpha value is -1.73. The highest BCUT2D eigenvalue weighted by molar-refractivity contribution is 7.85. The van der Waals surface area contributed by atoms with Crippen molar-refractivity contribution in [2.75, 3.05) is 12.8 Å². The van der Waals surface area contributed by atoms with Crippen LogP contribution in [0.5, 0.6) is 0 Å². The van der Waals surface area contributed by atoms with Gasteiger partial charge in [0.15, 0.2) is 0 Å². The molecule has 2 aromatic carbocycles. The minimum absolute atomic E-state index is 0.199. The number of likely N-dealkylation sites (tertiary alicyclic amines) is 1. The molecular formula is C18H23NO4S. The summed E-state index contributed by atoms with van der Waals surface area (Å²) in [5, 5.41) is 9.79. The Morgan fingerprint density at radius 2 is 1.38 bits per heavy atom. The van der Waals surface area contributed by atoms with E-state index in [9.17, 15) is 13.5 Å². The maximum Gasteiger partial charge on any atom is 0.261 e. The van der Waals surface area contributed by atoms with E-state index in [0.29, 0.717) is 6.26 Å². The van der Waals surface area contributed by atoms with Crippen LogP contribution in [-0.4, -0.2) is 47.9 Å². The van der Waals surface area contributed by atoms with Crippen molar-refractivity contribution in [1.82, 2.24) is 4.90 Å². The summed E-state index contributed by atoms with van der Waals surface area (Å²) in [6.45, 7) is 2.84. The van der Waals surface area contributed by atoms with Crippen molar-refractivity contribution in [2.24, 2.45) is 0 Å². The van der Waals surface area contributed by atoms with Gasteiger partial charge in [-0.3, -0.25) is 9.45 Å². The highest BCUT2D eigenvalue weighted by atomic mass is 32.2. The van der Waals surface area contributed by atoms with Crippen molar-refractivity contribution in [3.05, 3.63) is 71.8 Å². The van der Waals surface area contributed by atoms with E-state index in [4.69, 9.17) is 4.55 Å². The van der Waals surface area contributed by atoms with Gasteiger partial charge < -0.3 is 5.11 Å². The van der Waals surface area contributed by atoms with Gasteiger partial charge in [0.2, 0.25) is 0 Å². The lowest BCUT2D eigenvalue weighted by Gasteiger charge is -2.48. The van der Waals surface area contributed by atoms with Gasteiger partial charge in [-0.1, -0.05) is 60.7 Å². The summed E-state index contributed by atoms with van der Waals surface area (Å²) in [5.41, 5.74) is 2.57. The Morgan fingerprint density at radius 1 is 1.00 bits per heavy atom. The Balaban J connectivity index is 0.000000368. The standard InChI is InChI=1S/C17H19NO.CH4O3S/c1-13-16(19)12-18(13)17(14-8-4-2-5-9-14)15-10-6-3-7-11-15;1-5(2,3)4/h2-11,13,16-17,19H,12H2,1H3;1H3,(H,2,3,4). The zero-order chi connectivity index (χ0) is 17.7. The van der Waals surface area contributed by atoms with Gasteiger partial charge in [-0.25, -0.2) is 0 Å². The summed E-state index contributed by atoms with van der Waals surface area (Å²) in [5.74, 6) is 0. The molecule has 2 aromatic rings. The minimum Gasteiger partial charge on any atom is -0.390 e. The quantitative estimate of drug-likeness (QED) is 0.832. The SMILES string of the molecule is CC1C(O)CN1C(c1ccccc1)c1ccccc1.CS(=O)(=O)O. The molecule has 0 aromatic heterocycles. The van der Waals surface area contributed by atoms with E-state index in [2.05, 4.69) is 60.4 Å². The van der Waals surface area contributed by atoms with Crippen LogP contribution < -0.4 is 0 Å². The van der Waals surface area contributed by atoms with Gasteiger partial charge in [0, 0.05) is 12.6 Å². The first-order valence-corrected chi connectivity index (χ1v) is 9.58. The predicted molar refractivity (Wildman–Crippen MR) is 94.4 cm³/mol. The number of hydrogen-bond acceptors (Lipinski definition) is 4. The highest BCUT2D eigenvalue weighted by Gasteiger charge is 2.39. The molecule has 24 heavy (non-hydrogen) atoms. The van der Waals surface area contributed by atoms with Crippen LogP contribution in [0, 0.1) is 0 Å². The molecule has 0 spiro atoms. The Bertz CT molecular complexity index is 687. The molecule has 0 aliphatic carbocycles. The number of nitrogens with zero attached hydrogens (tertiary/aromatic N) is 1. The lowest BCUT2D eigenvalue weighted by atomic mass is 9.90. The number of aliphatic hydroxyl groups is 1. The van der Waals surface area contributed by atoms with E-state index in [0.717, 1.165) is 6.54 Å². The first-order valence-electron chi connectivity index (χ1n) is 7.73. The Morgan fingerprint density at radius 3 is 1.67 bits per heavy atom. The van der Waals surface area contributed by atoms with Crippen LogP contribution in [0.3, 0.4) is 0 Å². The topological polar surface area (TPSA) is 77.8 Å². The second kappa shape index (κ2) is 7.90. The van der Waals surface area contributed by atoms with Crippen LogP contribution in [0.15, 0.2) is 60.7 Å². The third kappa shape index (κ3) is 5.14. The lowest BCUT2D eigenvalue weighted by Crippen LogP contribution is -2.59. The van der Waals surface area contributed by atoms with Gasteiger partial charge in [0.05, 0.1) is 18.4 Å². The smallest absolute Gasteiger partial charge is 0.261 e. The maximum atomic E-state index is 9.79. The zero-order valence-electron chi connectivity index (χ0n) is 13.8. The predicted octanol–water partition coefficient (Wildman–Crippen LogP) is 2.35. The third-order valence-electron chi connectivity index (χ3n) is 4.04. The molecule has 0 amide bonds. The number of hydrogen-bond donors (Lipinski definition) is 2. The normalized spacial score (nSPS) is 20.9.